The molecule has 0 saturated heterocycles. The summed E-state index contributed by atoms with van der Waals surface area (Å²) in [4.78, 5) is 0. The van der Waals surface area contributed by atoms with Gasteiger partial charge in [0.1, 0.15) is 12.3 Å². The second-order valence-electron chi connectivity index (χ2n) is 4.02. The summed E-state index contributed by atoms with van der Waals surface area (Å²) < 4.78 is 12.9. The van der Waals surface area contributed by atoms with Crippen LogP contribution in [0, 0.1) is 0 Å². The number of alkyl halides is 1. The molecule has 0 N–H and O–H groups in total. The molecule has 6 heteroatoms. The number of aromatic nitrogens is 3. The Hall–Kier alpha value is -1.75. The lowest BCUT2D eigenvalue weighted by Crippen LogP contribution is -2.00. The fourth-order valence-corrected chi connectivity index (χ4v) is 1.80. The zero-order chi connectivity index (χ0) is 13.7. The van der Waals surface area contributed by atoms with Crippen molar-refractivity contribution in [1.82, 2.24) is 15.0 Å². The Labute approximate surface area is 117 Å². The highest BCUT2D eigenvalue weighted by Gasteiger charge is 2.07. The van der Waals surface area contributed by atoms with Gasteiger partial charge in [-0.25, -0.2) is 0 Å². The Balaban J connectivity index is 2.10. The van der Waals surface area contributed by atoms with Crippen molar-refractivity contribution in [2.24, 2.45) is 7.05 Å². The molecule has 1 aromatic carbocycles. The molecule has 0 fully saturated rings. The minimum Gasteiger partial charge on any atom is -0.490 e. The van der Waals surface area contributed by atoms with E-state index in [1.807, 2.05) is 38.4 Å². The number of halogens is 1. The number of benzene rings is 1. The first-order valence-electron chi connectivity index (χ1n) is 6.02. The van der Waals surface area contributed by atoms with E-state index >= 15 is 0 Å². The molecule has 0 amide bonds. The molecule has 102 valence electrons. The zero-order valence-corrected chi connectivity index (χ0v) is 11.7. The van der Waals surface area contributed by atoms with Crippen LogP contribution in [0.3, 0.4) is 0 Å². The third-order valence-corrected chi connectivity index (χ3v) is 2.80. The first-order chi connectivity index (χ1) is 9.22. The predicted octanol–water partition coefficient (Wildman–Crippen LogP) is 2.53. The summed E-state index contributed by atoms with van der Waals surface area (Å²) in [5.74, 6) is 1.83. The highest BCUT2D eigenvalue weighted by molar-refractivity contribution is 6.17. The molecular weight excluding hydrogens is 266 g/mol. The van der Waals surface area contributed by atoms with Gasteiger partial charge in [0.05, 0.1) is 12.8 Å². The van der Waals surface area contributed by atoms with Crippen molar-refractivity contribution in [2.45, 2.75) is 19.4 Å². The van der Waals surface area contributed by atoms with Crippen LogP contribution in [0.1, 0.15) is 18.2 Å². The van der Waals surface area contributed by atoms with Gasteiger partial charge in [0.25, 0.3) is 0 Å². The molecule has 0 spiro atoms. The molecular formula is C13H16ClN3O2. The van der Waals surface area contributed by atoms with Gasteiger partial charge < -0.3 is 9.47 Å². The zero-order valence-electron chi connectivity index (χ0n) is 11.0. The number of aryl methyl sites for hydroxylation is 1. The van der Waals surface area contributed by atoms with Crippen molar-refractivity contribution in [2.75, 3.05) is 6.61 Å². The lowest BCUT2D eigenvalue weighted by atomic mass is 10.2. The summed E-state index contributed by atoms with van der Waals surface area (Å²) in [6.45, 7) is 2.86. The summed E-state index contributed by atoms with van der Waals surface area (Å²) in [6.07, 6.45) is 1.81. The lowest BCUT2D eigenvalue weighted by Gasteiger charge is -2.12. The minimum absolute atomic E-state index is 0.355. The van der Waals surface area contributed by atoms with Gasteiger partial charge in [0.2, 0.25) is 0 Å². The molecule has 1 heterocycles. The molecule has 0 bridgehead atoms. The van der Waals surface area contributed by atoms with E-state index in [0.29, 0.717) is 30.6 Å². The highest BCUT2D eigenvalue weighted by Crippen LogP contribution is 2.29. The summed E-state index contributed by atoms with van der Waals surface area (Å²) >= 11 is 5.81. The largest absolute Gasteiger partial charge is 0.490 e. The van der Waals surface area contributed by atoms with Crippen molar-refractivity contribution in [3.05, 3.63) is 35.7 Å². The van der Waals surface area contributed by atoms with Crippen LogP contribution >= 0.6 is 11.6 Å². The van der Waals surface area contributed by atoms with Crippen LogP contribution in [0.5, 0.6) is 11.5 Å². The summed E-state index contributed by atoms with van der Waals surface area (Å²) in [5, 5.41) is 7.82. The van der Waals surface area contributed by atoms with Gasteiger partial charge in [0, 0.05) is 12.9 Å². The van der Waals surface area contributed by atoms with Crippen molar-refractivity contribution >= 4 is 11.6 Å². The van der Waals surface area contributed by atoms with Crippen molar-refractivity contribution < 1.29 is 9.47 Å². The van der Waals surface area contributed by atoms with E-state index in [9.17, 15) is 0 Å². The highest BCUT2D eigenvalue weighted by atomic mass is 35.5. The molecule has 0 atom stereocenters. The molecule has 19 heavy (non-hydrogen) atoms. The fraction of sp³-hybridized carbons (Fsp3) is 0.385. The molecule has 2 rings (SSSR count). The summed E-state index contributed by atoms with van der Waals surface area (Å²) in [6, 6.07) is 5.67. The van der Waals surface area contributed by atoms with E-state index in [2.05, 4.69) is 10.3 Å². The normalized spacial score (nSPS) is 10.5. The number of nitrogens with zero attached hydrogens (tertiary/aromatic N) is 3. The third-order valence-electron chi connectivity index (χ3n) is 2.49. The number of ether oxygens (including phenoxy) is 2. The second kappa shape index (κ2) is 6.43. The Morgan fingerprint density at radius 1 is 1.26 bits per heavy atom. The average molecular weight is 282 g/mol. The van der Waals surface area contributed by atoms with Crippen LogP contribution in [-0.2, 0) is 19.5 Å². The van der Waals surface area contributed by atoms with Gasteiger partial charge in [0.15, 0.2) is 11.5 Å². The number of rotatable bonds is 6. The molecule has 0 radical (unpaired) electrons. The molecule has 0 unspecified atom stereocenters. The third kappa shape index (κ3) is 3.61. The smallest absolute Gasteiger partial charge is 0.161 e. The SMILES string of the molecule is CCOc1cc(CCl)ccc1OCc1cn(C)nn1. The molecule has 2 aromatic rings. The summed E-state index contributed by atoms with van der Waals surface area (Å²) in [7, 11) is 1.82. The Morgan fingerprint density at radius 3 is 2.74 bits per heavy atom. The van der Waals surface area contributed by atoms with Crippen LogP contribution < -0.4 is 9.47 Å². The average Bonchev–Trinajstić information content (AvgIpc) is 2.83. The number of hydrogen-bond acceptors (Lipinski definition) is 4. The quantitative estimate of drug-likeness (QED) is 0.764. The monoisotopic (exact) mass is 281 g/mol. The predicted molar refractivity (Wildman–Crippen MR) is 72.5 cm³/mol. The van der Waals surface area contributed by atoms with E-state index in [4.69, 9.17) is 21.1 Å². The molecule has 5 nitrogen and oxygen atoms in total. The van der Waals surface area contributed by atoms with Gasteiger partial charge >= 0.3 is 0 Å². The van der Waals surface area contributed by atoms with Gasteiger partial charge in [-0.2, -0.15) is 0 Å². The van der Waals surface area contributed by atoms with Crippen LogP contribution in [-0.4, -0.2) is 21.6 Å². The second-order valence-corrected chi connectivity index (χ2v) is 4.29. The fourth-order valence-electron chi connectivity index (χ4n) is 1.64. The van der Waals surface area contributed by atoms with Crippen molar-refractivity contribution in [3.63, 3.8) is 0 Å². The summed E-state index contributed by atoms with van der Waals surface area (Å²) in [5.41, 5.74) is 1.77. The Morgan fingerprint density at radius 2 is 2.11 bits per heavy atom. The first kappa shape index (κ1) is 13.7. The van der Waals surface area contributed by atoms with Gasteiger partial charge in [-0.15, -0.1) is 16.7 Å². The van der Waals surface area contributed by atoms with Crippen LogP contribution in [0.4, 0.5) is 0 Å². The van der Waals surface area contributed by atoms with Crippen molar-refractivity contribution in [3.8, 4) is 11.5 Å². The van der Waals surface area contributed by atoms with Gasteiger partial charge in [-0.1, -0.05) is 11.3 Å². The molecule has 0 aliphatic rings. The molecule has 1 aromatic heterocycles. The van der Waals surface area contributed by atoms with Crippen LogP contribution in [0.15, 0.2) is 24.4 Å². The standard InChI is InChI=1S/C13H16ClN3O2/c1-3-18-13-6-10(7-14)4-5-12(13)19-9-11-8-17(2)16-15-11/h4-6,8H,3,7,9H2,1-2H3. The maximum Gasteiger partial charge on any atom is 0.161 e. The van der Waals surface area contributed by atoms with E-state index in [1.165, 1.54) is 0 Å². The van der Waals surface area contributed by atoms with Gasteiger partial charge in [-0.05, 0) is 24.6 Å². The van der Waals surface area contributed by atoms with Crippen molar-refractivity contribution in [1.29, 1.82) is 0 Å². The maximum atomic E-state index is 5.81. The van der Waals surface area contributed by atoms with Crippen LogP contribution in [0.25, 0.3) is 0 Å². The Bertz CT molecular complexity index is 542. The first-order valence-corrected chi connectivity index (χ1v) is 6.56. The molecule has 0 saturated carbocycles. The van der Waals surface area contributed by atoms with E-state index < -0.39 is 0 Å². The van der Waals surface area contributed by atoms with E-state index in [1.54, 1.807) is 4.68 Å². The number of hydrogen-bond donors (Lipinski definition) is 0. The van der Waals surface area contributed by atoms with Crippen LogP contribution in [0.2, 0.25) is 0 Å². The topological polar surface area (TPSA) is 49.2 Å². The van der Waals surface area contributed by atoms with E-state index in [-0.39, 0.29) is 0 Å². The minimum atomic E-state index is 0.355. The van der Waals surface area contributed by atoms with Gasteiger partial charge in [-0.3, -0.25) is 4.68 Å². The maximum absolute atomic E-state index is 5.81. The molecule has 0 aliphatic carbocycles. The molecule has 0 aliphatic heterocycles. The Kier molecular flexibility index (Phi) is 4.63. The van der Waals surface area contributed by atoms with E-state index in [0.717, 1.165) is 11.3 Å². The lowest BCUT2D eigenvalue weighted by molar-refractivity contribution is 0.266.